The number of fused-ring (bicyclic) bond motifs is 2. The normalized spacial score (nSPS) is 19.8. The molecule has 0 bridgehead atoms. The van der Waals surface area contributed by atoms with E-state index in [4.69, 9.17) is 18.6 Å². The first kappa shape index (κ1) is 33.3. The summed E-state index contributed by atoms with van der Waals surface area (Å²) in [7, 11) is -1.02. The van der Waals surface area contributed by atoms with Crippen LogP contribution >= 0.6 is 0 Å². The van der Waals surface area contributed by atoms with Crippen LogP contribution in [-0.4, -0.2) is 36.6 Å². The topological polar surface area (TPSA) is 36.9 Å². The minimum Gasteiger partial charge on any atom is -0.399 e. The molecule has 0 spiro atoms. The molecule has 4 nitrogen and oxygen atoms in total. The first-order valence-electron chi connectivity index (χ1n) is 17.5. The van der Waals surface area contributed by atoms with Crippen molar-refractivity contribution in [2.24, 2.45) is 0 Å². The number of hydrogen-bond acceptors (Lipinski definition) is 4. The van der Waals surface area contributed by atoms with Crippen LogP contribution in [0.4, 0.5) is 0 Å². The molecular weight excluding hydrogens is 566 g/mol. The molecule has 46 heavy (non-hydrogen) atoms. The van der Waals surface area contributed by atoms with Gasteiger partial charge >= 0.3 is 14.2 Å². The van der Waals surface area contributed by atoms with E-state index in [0.717, 1.165) is 38.9 Å². The summed E-state index contributed by atoms with van der Waals surface area (Å²) in [6.07, 6.45) is 9.06. The lowest BCUT2D eigenvalue weighted by Crippen LogP contribution is -2.41. The Morgan fingerprint density at radius 2 is 0.913 bits per heavy atom. The minimum atomic E-state index is -0.514. The lowest BCUT2D eigenvalue weighted by Gasteiger charge is -2.32. The first-order valence-corrected chi connectivity index (χ1v) is 17.5. The maximum absolute atomic E-state index is 6.74. The van der Waals surface area contributed by atoms with Gasteiger partial charge in [-0.2, -0.15) is 0 Å². The summed E-state index contributed by atoms with van der Waals surface area (Å²) in [5.41, 5.74) is 4.09. The average molecular weight is 618 g/mol. The maximum atomic E-state index is 6.74. The van der Waals surface area contributed by atoms with Crippen molar-refractivity contribution in [3.05, 3.63) is 72.3 Å². The van der Waals surface area contributed by atoms with Crippen molar-refractivity contribution in [2.75, 3.05) is 0 Å². The van der Waals surface area contributed by atoms with Gasteiger partial charge < -0.3 is 18.6 Å². The van der Waals surface area contributed by atoms with Crippen LogP contribution in [0.5, 0.6) is 0 Å². The molecule has 4 aromatic rings. The largest absolute Gasteiger partial charge is 0.496 e. The third kappa shape index (κ3) is 6.07. The zero-order valence-electron chi connectivity index (χ0n) is 29.6. The molecule has 2 aliphatic heterocycles. The summed E-state index contributed by atoms with van der Waals surface area (Å²) in [5.74, 6) is 0. The highest BCUT2D eigenvalue weighted by molar-refractivity contribution is 6.73. The van der Waals surface area contributed by atoms with Gasteiger partial charge in [-0.3, -0.25) is 0 Å². The molecule has 2 saturated heterocycles. The van der Waals surface area contributed by atoms with Gasteiger partial charge in [0.1, 0.15) is 0 Å². The van der Waals surface area contributed by atoms with Crippen LogP contribution in [0.25, 0.3) is 32.7 Å². The van der Waals surface area contributed by atoms with E-state index in [2.05, 4.69) is 129 Å². The van der Waals surface area contributed by atoms with Gasteiger partial charge in [0.25, 0.3) is 0 Å². The lowest BCUT2D eigenvalue weighted by molar-refractivity contribution is 0.00578. The highest BCUT2D eigenvalue weighted by atomic mass is 16.7. The third-order valence-corrected chi connectivity index (χ3v) is 11.2. The van der Waals surface area contributed by atoms with Gasteiger partial charge in [0.15, 0.2) is 0 Å². The third-order valence-electron chi connectivity index (χ3n) is 11.2. The molecular formula is C40H52B2O4. The Labute approximate surface area is 277 Å². The number of aryl methyl sites for hydroxylation is 1. The molecule has 2 fully saturated rings. The van der Waals surface area contributed by atoms with Crippen LogP contribution in [0.15, 0.2) is 66.7 Å². The van der Waals surface area contributed by atoms with Gasteiger partial charge in [0, 0.05) is 0 Å². The van der Waals surface area contributed by atoms with Gasteiger partial charge in [0.05, 0.1) is 22.4 Å². The molecule has 2 heterocycles. The Kier molecular flexibility index (Phi) is 8.99. The summed E-state index contributed by atoms with van der Waals surface area (Å²) in [6, 6.07) is 24.5. The van der Waals surface area contributed by atoms with Crippen molar-refractivity contribution in [1.82, 2.24) is 0 Å². The van der Waals surface area contributed by atoms with Crippen molar-refractivity contribution >= 4 is 46.7 Å². The van der Waals surface area contributed by atoms with Crippen LogP contribution in [0.2, 0.25) is 0 Å². The summed E-state index contributed by atoms with van der Waals surface area (Å²) in [4.78, 5) is 0. The number of benzene rings is 4. The van der Waals surface area contributed by atoms with Crippen molar-refractivity contribution in [2.45, 2.75) is 130 Å². The molecule has 0 unspecified atom stereocenters. The summed E-state index contributed by atoms with van der Waals surface area (Å²) in [5, 5.41) is 4.41. The van der Waals surface area contributed by atoms with Crippen molar-refractivity contribution in [1.29, 1.82) is 0 Å². The fourth-order valence-electron chi connectivity index (χ4n) is 6.83. The lowest BCUT2D eigenvalue weighted by atomic mass is 9.66. The fourth-order valence-corrected chi connectivity index (χ4v) is 6.83. The second-order valence-corrected chi connectivity index (χ2v) is 15.5. The quantitative estimate of drug-likeness (QED) is 0.101. The zero-order chi connectivity index (χ0) is 32.9. The van der Waals surface area contributed by atoms with E-state index in [1.54, 1.807) is 0 Å². The number of unbranched alkanes of at least 4 members (excludes halogenated alkanes) is 5. The van der Waals surface area contributed by atoms with Gasteiger partial charge in [-0.25, -0.2) is 0 Å². The second kappa shape index (κ2) is 12.4. The SMILES string of the molecule is CCCCCCCCc1ccc(-c2ccc3c(B4OC(C)(C)C(C)(C)O4)c4ccccc4c(B4OC(C)(C)C(C)(C)O4)c3c2)cc1. The molecule has 0 aromatic heterocycles. The summed E-state index contributed by atoms with van der Waals surface area (Å²) >= 11 is 0. The highest BCUT2D eigenvalue weighted by Crippen LogP contribution is 2.40. The molecule has 0 N–H and O–H groups in total. The molecule has 6 rings (SSSR count). The predicted octanol–water partition coefficient (Wildman–Crippen LogP) is 9.16. The Morgan fingerprint density at radius 3 is 1.43 bits per heavy atom. The van der Waals surface area contributed by atoms with E-state index in [1.807, 2.05) is 0 Å². The van der Waals surface area contributed by atoms with Gasteiger partial charge in [0.2, 0.25) is 0 Å². The fraction of sp³-hybridized carbons (Fsp3) is 0.500. The molecule has 6 heteroatoms. The van der Waals surface area contributed by atoms with Crippen LogP contribution in [-0.2, 0) is 25.0 Å². The van der Waals surface area contributed by atoms with E-state index in [0.29, 0.717) is 0 Å². The maximum Gasteiger partial charge on any atom is 0.496 e. The van der Waals surface area contributed by atoms with Crippen LogP contribution in [0.3, 0.4) is 0 Å². The monoisotopic (exact) mass is 618 g/mol. The highest BCUT2D eigenvalue weighted by Gasteiger charge is 2.55. The average Bonchev–Trinajstić information content (AvgIpc) is 3.36. The molecule has 0 amide bonds. The molecule has 0 radical (unpaired) electrons. The zero-order valence-corrected chi connectivity index (χ0v) is 29.6. The smallest absolute Gasteiger partial charge is 0.399 e. The van der Waals surface area contributed by atoms with Crippen molar-refractivity contribution < 1.29 is 18.6 Å². The summed E-state index contributed by atoms with van der Waals surface area (Å²) < 4.78 is 26.9. The van der Waals surface area contributed by atoms with Crippen LogP contribution in [0, 0.1) is 0 Å². The standard InChI is InChI=1S/C40H52B2O4/c1-10-11-12-13-14-15-18-28-21-23-29(24-22-28)30-25-26-33-34(27-30)36(42-45-39(6,7)40(8,9)46-42)32-20-17-16-19-31(32)35(33)41-43-37(2,3)38(4,5)44-41/h16-17,19-27H,10-15,18H2,1-9H3. The van der Waals surface area contributed by atoms with Gasteiger partial charge in [-0.1, -0.05) is 99.7 Å². The Hall–Kier alpha value is -2.63. The van der Waals surface area contributed by atoms with E-state index in [9.17, 15) is 0 Å². The van der Waals surface area contributed by atoms with Crippen LogP contribution < -0.4 is 10.9 Å². The van der Waals surface area contributed by atoms with Gasteiger partial charge in [-0.15, -0.1) is 0 Å². The van der Waals surface area contributed by atoms with E-state index in [1.165, 1.54) is 55.2 Å². The van der Waals surface area contributed by atoms with E-state index < -0.39 is 36.6 Å². The molecule has 4 aromatic carbocycles. The van der Waals surface area contributed by atoms with Gasteiger partial charge in [-0.05, 0) is 123 Å². The molecule has 0 aliphatic carbocycles. The number of rotatable bonds is 10. The van der Waals surface area contributed by atoms with E-state index in [-0.39, 0.29) is 0 Å². The summed E-state index contributed by atoms with van der Waals surface area (Å²) in [6.45, 7) is 19.2. The van der Waals surface area contributed by atoms with Crippen LogP contribution in [0.1, 0.15) is 106 Å². The van der Waals surface area contributed by atoms with Crippen molar-refractivity contribution in [3.8, 4) is 11.1 Å². The predicted molar refractivity (Wildman–Crippen MR) is 195 cm³/mol. The Bertz CT molecular complexity index is 1670. The van der Waals surface area contributed by atoms with E-state index >= 15 is 0 Å². The molecule has 2 aliphatic rings. The second-order valence-electron chi connectivity index (χ2n) is 15.5. The van der Waals surface area contributed by atoms with Crippen molar-refractivity contribution in [3.63, 3.8) is 0 Å². The molecule has 242 valence electrons. The molecule has 0 atom stereocenters. The Morgan fingerprint density at radius 1 is 0.478 bits per heavy atom. The minimum absolute atomic E-state index is 0.452. The first-order chi connectivity index (χ1) is 21.7. The number of hydrogen-bond donors (Lipinski definition) is 0. The Balaban J connectivity index is 1.45. The molecule has 0 saturated carbocycles.